The average molecular weight is 435 g/mol. The summed E-state index contributed by atoms with van der Waals surface area (Å²) >= 11 is 1.52. The van der Waals surface area contributed by atoms with E-state index in [0.29, 0.717) is 24.2 Å². The topological polar surface area (TPSA) is 63.6 Å². The van der Waals surface area contributed by atoms with Crippen LogP contribution in [0.4, 0.5) is 0 Å². The van der Waals surface area contributed by atoms with Crippen molar-refractivity contribution in [3.8, 4) is 0 Å². The SMILES string of the molecule is CCC(=O)C(C)[C@H](O[C@@H]1C[C@H](C)CC[C@H]1C(C)C)[C@@H](CC(=O)O)Sc1ccccc1. The van der Waals surface area contributed by atoms with Gasteiger partial charge in [0.2, 0.25) is 0 Å². The number of aliphatic carboxylic acids is 1. The monoisotopic (exact) mass is 434 g/mol. The molecule has 30 heavy (non-hydrogen) atoms. The summed E-state index contributed by atoms with van der Waals surface area (Å²) in [5.41, 5.74) is 0. The van der Waals surface area contributed by atoms with Crippen LogP contribution < -0.4 is 0 Å². The van der Waals surface area contributed by atoms with Gasteiger partial charge in [-0.2, -0.15) is 0 Å². The van der Waals surface area contributed by atoms with Crippen molar-refractivity contribution < 1.29 is 19.4 Å². The van der Waals surface area contributed by atoms with Crippen molar-refractivity contribution in [3.63, 3.8) is 0 Å². The second-order valence-corrected chi connectivity index (χ2v) is 10.5. The standard InChI is InChI=1S/C25H38O4S/c1-6-21(26)18(5)25(29-22-14-17(4)12-13-20(22)16(2)3)23(15-24(27)28)30-19-10-8-7-9-11-19/h7-11,16-18,20,22-23,25H,6,12-15H2,1-5H3,(H,27,28)/t17-,18?,20+,22-,23-,25+/m1/s1. The van der Waals surface area contributed by atoms with Crippen molar-refractivity contribution in [3.05, 3.63) is 30.3 Å². The van der Waals surface area contributed by atoms with Crippen molar-refractivity contribution in [2.24, 2.45) is 23.7 Å². The molecule has 1 aromatic carbocycles. The van der Waals surface area contributed by atoms with Crippen molar-refractivity contribution in [1.29, 1.82) is 0 Å². The van der Waals surface area contributed by atoms with Gasteiger partial charge in [0.15, 0.2) is 0 Å². The fourth-order valence-corrected chi connectivity index (χ4v) is 5.90. The van der Waals surface area contributed by atoms with Crippen molar-refractivity contribution in [2.75, 3.05) is 0 Å². The van der Waals surface area contributed by atoms with Gasteiger partial charge in [-0.1, -0.05) is 59.2 Å². The summed E-state index contributed by atoms with van der Waals surface area (Å²) in [5.74, 6) is 0.475. The first kappa shape index (κ1) is 24.9. The highest BCUT2D eigenvalue weighted by Crippen LogP contribution is 2.39. The molecule has 1 saturated carbocycles. The van der Waals surface area contributed by atoms with Crippen LogP contribution >= 0.6 is 11.8 Å². The summed E-state index contributed by atoms with van der Waals surface area (Å²) < 4.78 is 6.75. The number of carboxylic acids is 1. The first-order chi connectivity index (χ1) is 14.2. The second-order valence-electron chi connectivity index (χ2n) is 9.14. The first-order valence-electron chi connectivity index (χ1n) is 11.3. The van der Waals surface area contributed by atoms with Gasteiger partial charge in [-0.15, -0.1) is 11.8 Å². The normalized spacial score (nSPS) is 24.9. The number of ketones is 1. The number of carboxylic acid groups (broad SMARTS) is 1. The molecule has 0 heterocycles. The van der Waals surface area contributed by atoms with E-state index in [2.05, 4.69) is 20.8 Å². The van der Waals surface area contributed by atoms with Gasteiger partial charge in [0, 0.05) is 22.5 Å². The number of hydrogen-bond donors (Lipinski definition) is 1. The zero-order valence-electron chi connectivity index (χ0n) is 19.0. The summed E-state index contributed by atoms with van der Waals surface area (Å²) in [6.45, 7) is 10.5. The Labute approximate surface area is 186 Å². The fourth-order valence-electron chi connectivity index (χ4n) is 4.58. The lowest BCUT2D eigenvalue weighted by atomic mass is 9.75. The lowest BCUT2D eigenvalue weighted by Gasteiger charge is -2.41. The van der Waals surface area contributed by atoms with Crippen LogP contribution in [0.15, 0.2) is 35.2 Å². The summed E-state index contributed by atoms with van der Waals surface area (Å²) in [7, 11) is 0. The maximum Gasteiger partial charge on any atom is 0.304 e. The third-order valence-corrected chi connectivity index (χ3v) is 7.70. The molecule has 4 nitrogen and oxygen atoms in total. The van der Waals surface area contributed by atoms with E-state index >= 15 is 0 Å². The Kier molecular flexibility index (Phi) is 9.89. The van der Waals surface area contributed by atoms with E-state index in [9.17, 15) is 14.7 Å². The van der Waals surface area contributed by atoms with Crippen molar-refractivity contribution >= 4 is 23.5 Å². The van der Waals surface area contributed by atoms with Crippen LogP contribution in [0.3, 0.4) is 0 Å². The van der Waals surface area contributed by atoms with E-state index in [1.165, 1.54) is 18.2 Å². The maximum absolute atomic E-state index is 12.7. The van der Waals surface area contributed by atoms with E-state index < -0.39 is 12.1 Å². The Morgan fingerprint density at radius 1 is 1.17 bits per heavy atom. The highest BCUT2D eigenvalue weighted by atomic mass is 32.2. The molecule has 1 aromatic rings. The maximum atomic E-state index is 12.7. The van der Waals surface area contributed by atoms with E-state index in [1.54, 1.807) is 0 Å². The number of carbonyl (C=O) groups excluding carboxylic acids is 1. The third kappa shape index (κ3) is 7.12. The fraction of sp³-hybridized carbons (Fsp3) is 0.680. The Balaban J connectivity index is 2.34. The zero-order valence-corrected chi connectivity index (χ0v) is 19.9. The van der Waals surface area contributed by atoms with Crippen molar-refractivity contribution in [1.82, 2.24) is 0 Å². The summed E-state index contributed by atoms with van der Waals surface area (Å²) in [6, 6.07) is 9.83. The molecule has 0 radical (unpaired) electrons. The first-order valence-corrected chi connectivity index (χ1v) is 12.2. The number of benzene rings is 1. The van der Waals surface area contributed by atoms with E-state index in [1.807, 2.05) is 44.2 Å². The van der Waals surface area contributed by atoms with E-state index in [-0.39, 0.29) is 29.5 Å². The number of hydrogen-bond acceptors (Lipinski definition) is 4. The molecule has 1 unspecified atom stereocenters. The van der Waals surface area contributed by atoms with Gasteiger partial charge in [0.05, 0.1) is 18.6 Å². The molecule has 0 amide bonds. The molecule has 168 valence electrons. The molecule has 2 rings (SSSR count). The zero-order chi connectivity index (χ0) is 22.3. The quantitative estimate of drug-likeness (QED) is 0.427. The van der Waals surface area contributed by atoms with Gasteiger partial charge in [-0.25, -0.2) is 0 Å². The van der Waals surface area contributed by atoms with Crippen molar-refractivity contribution in [2.45, 2.75) is 89.1 Å². The molecular formula is C25H38O4S. The van der Waals surface area contributed by atoms with E-state index in [4.69, 9.17) is 4.74 Å². The minimum atomic E-state index is -0.856. The molecule has 0 saturated heterocycles. The molecule has 0 spiro atoms. The lowest BCUT2D eigenvalue weighted by molar-refractivity contribution is -0.143. The summed E-state index contributed by atoms with van der Waals surface area (Å²) in [4.78, 5) is 25.4. The van der Waals surface area contributed by atoms with Gasteiger partial charge < -0.3 is 9.84 Å². The number of Topliss-reactive ketones (excluding diaryl/α,β-unsaturated/α-hetero) is 1. The predicted molar refractivity (Wildman–Crippen MR) is 123 cm³/mol. The smallest absolute Gasteiger partial charge is 0.304 e. The largest absolute Gasteiger partial charge is 0.481 e. The van der Waals surface area contributed by atoms with Gasteiger partial charge >= 0.3 is 5.97 Å². The number of rotatable bonds is 11. The summed E-state index contributed by atoms with van der Waals surface area (Å²) in [6.07, 6.45) is 3.36. The molecular weight excluding hydrogens is 396 g/mol. The molecule has 0 aliphatic heterocycles. The number of thioether (sulfide) groups is 1. The van der Waals surface area contributed by atoms with Crippen LogP contribution in [-0.2, 0) is 14.3 Å². The Hall–Kier alpha value is -1.33. The van der Waals surface area contributed by atoms with Crippen LogP contribution in [0.5, 0.6) is 0 Å². The van der Waals surface area contributed by atoms with Gasteiger partial charge in [-0.3, -0.25) is 9.59 Å². The molecule has 0 bridgehead atoms. The Morgan fingerprint density at radius 2 is 1.83 bits per heavy atom. The molecule has 0 aromatic heterocycles. The van der Waals surface area contributed by atoms with Crippen LogP contribution in [0.1, 0.15) is 66.7 Å². The van der Waals surface area contributed by atoms with Gasteiger partial charge in [-0.05, 0) is 42.7 Å². The lowest BCUT2D eigenvalue weighted by Crippen LogP contribution is -2.44. The molecule has 1 aliphatic carbocycles. The molecule has 1 aliphatic rings. The second kappa shape index (κ2) is 11.9. The molecule has 1 fully saturated rings. The number of ether oxygens (including phenoxy) is 1. The van der Waals surface area contributed by atoms with Crippen LogP contribution in [0.2, 0.25) is 0 Å². The average Bonchev–Trinajstić information content (AvgIpc) is 2.70. The minimum absolute atomic E-state index is 0.0276. The van der Waals surface area contributed by atoms with Gasteiger partial charge in [0.1, 0.15) is 5.78 Å². The van der Waals surface area contributed by atoms with Crippen LogP contribution in [0.25, 0.3) is 0 Å². The Morgan fingerprint density at radius 3 is 2.40 bits per heavy atom. The van der Waals surface area contributed by atoms with E-state index in [0.717, 1.165) is 17.7 Å². The molecule has 1 N–H and O–H groups in total. The highest BCUT2D eigenvalue weighted by molar-refractivity contribution is 8.00. The summed E-state index contributed by atoms with van der Waals surface area (Å²) in [5, 5.41) is 9.30. The number of carbonyl (C=O) groups is 2. The van der Waals surface area contributed by atoms with Gasteiger partial charge in [0.25, 0.3) is 0 Å². The molecule has 5 heteroatoms. The van der Waals surface area contributed by atoms with Crippen LogP contribution in [-0.4, -0.2) is 34.3 Å². The Bertz CT molecular complexity index is 675. The predicted octanol–water partition coefficient (Wildman–Crippen LogP) is 6.08. The van der Waals surface area contributed by atoms with Crippen LogP contribution in [0, 0.1) is 23.7 Å². The molecule has 6 atom stereocenters. The third-order valence-electron chi connectivity index (χ3n) is 6.42. The minimum Gasteiger partial charge on any atom is -0.481 e. The highest BCUT2D eigenvalue weighted by Gasteiger charge is 2.39.